The molecule has 2 heterocycles. The fourth-order valence-corrected chi connectivity index (χ4v) is 12.9. The maximum absolute atomic E-state index is 7.09. The maximum Gasteiger partial charge on any atom is 0.159 e. The van der Waals surface area contributed by atoms with Gasteiger partial charge in [0.2, 0.25) is 0 Å². The fourth-order valence-electron chi connectivity index (χ4n) is 12.9. The van der Waals surface area contributed by atoms with Crippen molar-refractivity contribution in [2.45, 2.75) is 115 Å². The number of benzene rings is 6. The molecule has 0 saturated heterocycles. The zero-order chi connectivity index (χ0) is 50.3. The van der Waals surface area contributed by atoms with Gasteiger partial charge < -0.3 is 19.0 Å². The van der Waals surface area contributed by atoms with E-state index < -0.39 is 0 Å². The zero-order valence-electron chi connectivity index (χ0n) is 43.7. The smallest absolute Gasteiger partial charge is 0.159 e. The number of hydrogen-bond donors (Lipinski definition) is 0. The van der Waals surface area contributed by atoms with Crippen molar-refractivity contribution in [3.8, 4) is 5.75 Å². The predicted octanol–water partition coefficient (Wildman–Crippen LogP) is 19.9. The van der Waals surface area contributed by atoms with E-state index in [4.69, 9.17) is 15.7 Å². The number of rotatable bonds is 10. The summed E-state index contributed by atoms with van der Waals surface area (Å²) in [5.74, 6) is 2.40. The Kier molecular flexibility index (Phi) is 13.2. The van der Waals surface area contributed by atoms with Crippen LogP contribution in [-0.4, -0.2) is 12.6 Å². The van der Waals surface area contributed by atoms with Crippen molar-refractivity contribution in [2.24, 2.45) is 5.92 Å². The lowest BCUT2D eigenvalue weighted by Gasteiger charge is -2.33. The molecule has 0 amide bonds. The minimum absolute atomic E-state index is 0.134. The standard InChI is InChI=1S/C70H70N2O2/c1-46-17-12-18-47(2)59-25-14-29-66(69(59)73-50(46)5)72(58-40-35-55(36-41-58)53-23-10-7-11-24-53)64-43-37-56-32-30-48(3)63-45-51(31-42-62(64)67(56)63)20-16-44-71(57-38-33-54(34-39-57)52-21-8-6-9-22-52)65-28-15-27-61-60-26-13-19-49(4)68(60)74-70(61)65/h12-20,25-43,50-53,63H,2-3,6-11,21-24,44-45H2,1,4-5H3/b18-12-,20-16-,46-17-. The van der Waals surface area contributed by atoms with Crippen LogP contribution in [0.4, 0.5) is 28.4 Å². The number of anilines is 5. The lowest BCUT2D eigenvalue weighted by atomic mass is 9.78. The Labute approximate surface area is 439 Å². The molecule has 0 spiro atoms. The van der Waals surface area contributed by atoms with Gasteiger partial charge in [0.25, 0.3) is 0 Å². The molecule has 4 nitrogen and oxygen atoms in total. The van der Waals surface area contributed by atoms with E-state index in [9.17, 15) is 0 Å². The third-order valence-corrected chi connectivity index (χ3v) is 17.2. The minimum Gasteiger partial charge on any atom is -0.484 e. The molecule has 4 aliphatic carbocycles. The summed E-state index contributed by atoms with van der Waals surface area (Å²) in [6, 6.07) is 43.2. The first-order valence-electron chi connectivity index (χ1n) is 27.7. The quantitative estimate of drug-likeness (QED) is 0.128. The number of nitrogens with zero attached hydrogens (tertiary/aromatic N) is 2. The molecule has 2 saturated carbocycles. The summed E-state index contributed by atoms with van der Waals surface area (Å²) in [7, 11) is 0. The van der Waals surface area contributed by atoms with Gasteiger partial charge in [-0.3, -0.25) is 0 Å². The molecule has 5 aliphatic rings. The third-order valence-electron chi connectivity index (χ3n) is 17.2. The van der Waals surface area contributed by atoms with Gasteiger partial charge in [0.15, 0.2) is 11.3 Å². The molecular formula is C70H70N2O2. The molecule has 0 N–H and O–H groups in total. The van der Waals surface area contributed by atoms with Gasteiger partial charge in [-0.05, 0) is 158 Å². The largest absolute Gasteiger partial charge is 0.484 e. The Morgan fingerprint density at radius 3 is 2.03 bits per heavy atom. The van der Waals surface area contributed by atoms with Crippen LogP contribution in [0.1, 0.15) is 141 Å². The number of hydrogen-bond acceptors (Lipinski definition) is 4. The average Bonchev–Trinajstić information content (AvgIpc) is 3.74. The molecule has 3 atom stereocenters. The van der Waals surface area contributed by atoms with Crippen LogP contribution in [-0.2, 0) is 0 Å². The average molecular weight is 971 g/mol. The van der Waals surface area contributed by atoms with E-state index in [1.807, 2.05) is 0 Å². The monoisotopic (exact) mass is 971 g/mol. The van der Waals surface area contributed by atoms with E-state index in [0.717, 1.165) is 84.7 Å². The summed E-state index contributed by atoms with van der Waals surface area (Å²) in [5.41, 5.74) is 19.5. The Hall–Kier alpha value is -7.30. The SMILES string of the molecule is C=C1/C=C\C=C(\C)C(C)Oc2c1cccc2N(c1ccc(C2CCCCC2)cc1)c1ccc2c3c1C=CC(/C=C\CN(c1ccc(C4CCCCC4)cc1)c1cccc4c1oc1c(C)cccc14)CC3C(=C)C=C2. The molecular weight excluding hydrogens is 901 g/mol. The van der Waals surface area contributed by atoms with Crippen molar-refractivity contribution < 1.29 is 9.15 Å². The molecule has 372 valence electrons. The summed E-state index contributed by atoms with van der Waals surface area (Å²) >= 11 is 0. The molecule has 6 aromatic carbocycles. The molecule has 2 fully saturated rings. The van der Waals surface area contributed by atoms with Gasteiger partial charge in [-0.1, -0.05) is 179 Å². The van der Waals surface area contributed by atoms with Crippen LogP contribution in [0.25, 0.3) is 39.7 Å². The lowest BCUT2D eigenvalue weighted by molar-refractivity contribution is 0.258. The summed E-state index contributed by atoms with van der Waals surface area (Å²) in [6.45, 7) is 16.4. The summed E-state index contributed by atoms with van der Waals surface area (Å²) < 4.78 is 13.9. The molecule has 3 unspecified atom stereocenters. The third kappa shape index (κ3) is 9.12. The number of furan rings is 1. The normalized spacial score (nSPS) is 21.3. The van der Waals surface area contributed by atoms with Crippen molar-refractivity contribution in [1.82, 2.24) is 0 Å². The van der Waals surface area contributed by atoms with E-state index in [-0.39, 0.29) is 17.9 Å². The van der Waals surface area contributed by atoms with Crippen molar-refractivity contribution in [3.63, 3.8) is 0 Å². The van der Waals surface area contributed by atoms with E-state index >= 15 is 0 Å². The molecule has 1 aromatic heterocycles. The molecule has 7 aromatic rings. The summed E-state index contributed by atoms with van der Waals surface area (Å²) in [6.07, 6.45) is 34.4. The Morgan fingerprint density at radius 1 is 0.635 bits per heavy atom. The molecule has 0 bridgehead atoms. The van der Waals surface area contributed by atoms with Crippen LogP contribution in [0.15, 0.2) is 187 Å². The maximum atomic E-state index is 7.09. The second-order valence-electron chi connectivity index (χ2n) is 21.9. The van der Waals surface area contributed by atoms with Gasteiger partial charge in [0.05, 0.1) is 17.1 Å². The second kappa shape index (κ2) is 20.5. The second-order valence-corrected chi connectivity index (χ2v) is 21.9. The Balaban J connectivity index is 0.940. The van der Waals surface area contributed by atoms with Gasteiger partial charge >= 0.3 is 0 Å². The minimum atomic E-state index is -0.135. The van der Waals surface area contributed by atoms with Crippen LogP contribution >= 0.6 is 0 Å². The van der Waals surface area contributed by atoms with Gasteiger partial charge in [0, 0.05) is 45.7 Å². The van der Waals surface area contributed by atoms with Crippen molar-refractivity contribution in [3.05, 3.63) is 221 Å². The van der Waals surface area contributed by atoms with E-state index in [1.54, 1.807) is 0 Å². The van der Waals surface area contributed by atoms with Crippen molar-refractivity contribution in [2.75, 3.05) is 16.3 Å². The van der Waals surface area contributed by atoms with Crippen molar-refractivity contribution in [1.29, 1.82) is 0 Å². The highest BCUT2D eigenvalue weighted by molar-refractivity contribution is 6.10. The van der Waals surface area contributed by atoms with E-state index in [0.29, 0.717) is 18.4 Å². The number of para-hydroxylation sites is 3. The van der Waals surface area contributed by atoms with Crippen molar-refractivity contribution >= 4 is 68.1 Å². The predicted molar refractivity (Wildman–Crippen MR) is 314 cm³/mol. The first kappa shape index (κ1) is 47.7. The van der Waals surface area contributed by atoms with E-state index in [2.05, 4.69) is 207 Å². The van der Waals surface area contributed by atoms with Crippen LogP contribution in [0.5, 0.6) is 5.75 Å². The van der Waals surface area contributed by atoms with Crippen LogP contribution < -0.4 is 14.5 Å². The first-order valence-corrected chi connectivity index (χ1v) is 27.7. The lowest BCUT2D eigenvalue weighted by Crippen LogP contribution is -2.19. The molecule has 1 aliphatic heterocycles. The molecule has 74 heavy (non-hydrogen) atoms. The first-order chi connectivity index (χ1) is 36.3. The number of fused-ring (bicyclic) bond motifs is 4. The van der Waals surface area contributed by atoms with E-state index in [1.165, 1.54) is 97.7 Å². The Morgan fingerprint density at radius 2 is 1.30 bits per heavy atom. The number of ether oxygens (including phenoxy) is 1. The van der Waals surface area contributed by atoms with Crippen LogP contribution in [0.3, 0.4) is 0 Å². The molecule has 12 rings (SSSR count). The highest BCUT2D eigenvalue weighted by atomic mass is 16.5. The van der Waals surface area contributed by atoms with Gasteiger partial charge in [-0.2, -0.15) is 0 Å². The Bertz CT molecular complexity index is 3420. The van der Waals surface area contributed by atoms with Crippen LogP contribution in [0, 0.1) is 12.8 Å². The highest BCUT2D eigenvalue weighted by Gasteiger charge is 2.32. The molecule has 0 radical (unpaired) electrons. The van der Waals surface area contributed by atoms with Gasteiger partial charge in [-0.25, -0.2) is 0 Å². The zero-order valence-corrected chi connectivity index (χ0v) is 43.7. The molecule has 4 heteroatoms. The van der Waals surface area contributed by atoms with Gasteiger partial charge in [0.1, 0.15) is 11.7 Å². The fraction of sp³-hybridized carbons (Fsp3) is 0.286. The number of allylic oxidation sites excluding steroid dienone is 8. The van der Waals surface area contributed by atoms with Crippen LogP contribution in [0.2, 0.25) is 0 Å². The number of aryl methyl sites for hydroxylation is 1. The summed E-state index contributed by atoms with van der Waals surface area (Å²) in [5, 5.41) is 2.31. The highest BCUT2D eigenvalue weighted by Crippen LogP contribution is 2.51. The topological polar surface area (TPSA) is 28.9 Å². The summed E-state index contributed by atoms with van der Waals surface area (Å²) in [4.78, 5) is 4.90. The van der Waals surface area contributed by atoms with Gasteiger partial charge in [-0.15, -0.1) is 0 Å².